The van der Waals surface area contributed by atoms with Crippen molar-refractivity contribution in [3.8, 4) is 5.75 Å². The van der Waals surface area contributed by atoms with Gasteiger partial charge >= 0.3 is 0 Å². The van der Waals surface area contributed by atoms with Gasteiger partial charge in [-0.2, -0.15) is 0 Å². The molecule has 0 bridgehead atoms. The molecule has 9 heteroatoms. The fourth-order valence-electron chi connectivity index (χ4n) is 6.21. The molecule has 3 aromatic rings. The van der Waals surface area contributed by atoms with E-state index in [4.69, 9.17) is 4.74 Å². The molecule has 9 nitrogen and oxygen atoms in total. The van der Waals surface area contributed by atoms with Crippen LogP contribution in [0.5, 0.6) is 5.75 Å². The number of carbonyl (C=O) groups is 3. The maximum atomic E-state index is 13.7. The zero-order chi connectivity index (χ0) is 31.1. The van der Waals surface area contributed by atoms with Gasteiger partial charge < -0.3 is 30.9 Å². The Balaban J connectivity index is 1.28. The monoisotopic (exact) mass is 599 g/mol. The Morgan fingerprint density at radius 2 is 1.61 bits per heavy atom. The van der Waals surface area contributed by atoms with Gasteiger partial charge in [0.15, 0.2) is 0 Å². The van der Waals surface area contributed by atoms with Crippen molar-refractivity contribution >= 4 is 17.7 Å². The molecule has 4 atom stereocenters. The third kappa shape index (κ3) is 7.29. The zero-order valence-electron chi connectivity index (χ0n) is 25.0. The smallest absolute Gasteiger partial charge is 0.249 e. The summed E-state index contributed by atoms with van der Waals surface area (Å²) in [5, 5.41) is 30.6. The first-order valence-electron chi connectivity index (χ1n) is 15.3. The molecule has 0 spiro atoms. The number of ether oxygens (including phenoxy) is 1. The van der Waals surface area contributed by atoms with E-state index in [-0.39, 0.29) is 25.4 Å². The van der Waals surface area contributed by atoms with Crippen molar-refractivity contribution in [2.75, 3.05) is 6.61 Å². The van der Waals surface area contributed by atoms with Crippen LogP contribution in [0.15, 0.2) is 78.9 Å². The molecular formula is C35H41N3O6. The average Bonchev–Trinajstić information content (AvgIpc) is 3.51. The van der Waals surface area contributed by atoms with Crippen molar-refractivity contribution in [3.05, 3.63) is 101 Å². The summed E-state index contributed by atoms with van der Waals surface area (Å²) < 4.78 is 5.61. The molecular weight excluding hydrogens is 558 g/mol. The van der Waals surface area contributed by atoms with Crippen molar-refractivity contribution in [3.63, 3.8) is 0 Å². The molecule has 1 fully saturated rings. The van der Waals surface area contributed by atoms with Crippen LogP contribution in [-0.4, -0.2) is 52.3 Å². The number of hydrogen-bond acceptors (Lipinski definition) is 6. The normalized spacial score (nSPS) is 20.0. The largest absolute Gasteiger partial charge is 0.490 e. The van der Waals surface area contributed by atoms with Crippen LogP contribution >= 0.6 is 0 Å². The molecule has 44 heavy (non-hydrogen) atoms. The van der Waals surface area contributed by atoms with E-state index in [1.165, 1.54) is 0 Å². The lowest BCUT2D eigenvalue weighted by molar-refractivity contribution is -0.139. The van der Waals surface area contributed by atoms with Crippen LogP contribution in [-0.2, 0) is 27.3 Å². The lowest BCUT2D eigenvalue weighted by atomic mass is 9.90. The van der Waals surface area contributed by atoms with Gasteiger partial charge in [0.1, 0.15) is 30.1 Å². The van der Waals surface area contributed by atoms with Crippen molar-refractivity contribution in [2.45, 2.75) is 75.8 Å². The number of benzene rings is 3. The second-order valence-electron chi connectivity index (χ2n) is 11.9. The number of aliphatic hydroxyl groups is 2. The summed E-state index contributed by atoms with van der Waals surface area (Å²) in [6.45, 7) is 2.35. The first-order chi connectivity index (χ1) is 21.3. The average molecular weight is 600 g/mol. The minimum atomic E-state index is -1.52. The van der Waals surface area contributed by atoms with E-state index >= 15 is 0 Å². The lowest BCUT2D eigenvalue weighted by Crippen LogP contribution is -2.59. The van der Waals surface area contributed by atoms with Crippen LogP contribution < -0.4 is 20.7 Å². The minimum absolute atomic E-state index is 0.0321. The van der Waals surface area contributed by atoms with Crippen LogP contribution in [0.3, 0.4) is 0 Å². The van der Waals surface area contributed by atoms with E-state index in [9.17, 15) is 24.6 Å². The molecule has 1 heterocycles. The Morgan fingerprint density at radius 3 is 2.36 bits per heavy atom. The van der Waals surface area contributed by atoms with Gasteiger partial charge in [-0.05, 0) is 55.4 Å². The minimum Gasteiger partial charge on any atom is -0.490 e. The fraction of sp³-hybridized carbons (Fsp3) is 0.400. The number of para-hydroxylation sites is 1. The van der Waals surface area contributed by atoms with Gasteiger partial charge in [0.2, 0.25) is 17.7 Å². The second-order valence-corrected chi connectivity index (χ2v) is 11.9. The maximum absolute atomic E-state index is 13.7. The first kappa shape index (κ1) is 31.2. The number of amides is 3. The number of fused-ring (bicyclic) bond motifs is 1. The van der Waals surface area contributed by atoms with Crippen molar-refractivity contribution in [1.29, 1.82) is 0 Å². The number of hydrogen-bond donors (Lipinski definition) is 5. The first-order valence-corrected chi connectivity index (χ1v) is 15.3. The molecule has 1 saturated carbocycles. The second kappa shape index (κ2) is 14.1. The molecule has 232 valence electrons. The van der Waals surface area contributed by atoms with Crippen LogP contribution in [0.2, 0.25) is 0 Å². The van der Waals surface area contributed by atoms with E-state index in [1.54, 1.807) is 12.1 Å². The molecule has 0 unspecified atom stereocenters. The van der Waals surface area contributed by atoms with Gasteiger partial charge in [0.25, 0.3) is 0 Å². The Hall–Kier alpha value is -4.21. The topological polar surface area (TPSA) is 137 Å². The molecule has 1 aliphatic carbocycles. The maximum Gasteiger partial charge on any atom is 0.249 e. The summed E-state index contributed by atoms with van der Waals surface area (Å²) in [5.41, 5.74) is 2.47. The Labute approximate surface area is 258 Å². The van der Waals surface area contributed by atoms with Gasteiger partial charge in [0, 0.05) is 18.0 Å². The highest BCUT2D eigenvalue weighted by Crippen LogP contribution is 2.33. The van der Waals surface area contributed by atoms with Gasteiger partial charge in [0.05, 0.1) is 6.04 Å². The number of rotatable bonds is 11. The molecule has 0 aromatic heterocycles. The predicted octanol–water partition coefficient (Wildman–Crippen LogP) is 3.26. The van der Waals surface area contributed by atoms with Crippen LogP contribution in [0.1, 0.15) is 60.4 Å². The number of aliphatic hydroxyl groups excluding tert-OH is 2. The number of carbonyl (C=O) groups excluding carboxylic acids is 3. The van der Waals surface area contributed by atoms with Gasteiger partial charge in [-0.3, -0.25) is 14.4 Å². The van der Waals surface area contributed by atoms with E-state index in [2.05, 4.69) is 16.0 Å². The van der Waals surface area contributed by atoms with Crippen molar-refractivity contribution < 1.29 is 29.3 Å². The SMILES string of the molecule is Cc1ccccc1CNC(=O)C1(NC(=O)[C@@H](O)C[C@@H](Cc2ccccc2)C(=O)N[C@H]2c3ccccc3OC[C@H]2O)CCCC1. The van der Waals surface area contributed by atoms with E-state index in [1.807, 2.05) is 73.7 Å². The Bertz CT molecular complexity index is 1460. The summed E-state index contributed by atoms with van der Waals surface area (Å²) >= 11 is 0. The molecule has 5 N–H and O–H groups in total. The quantitative estimate of drug-likeness (QED) is 0.230. The third-order valence-corrected chi connectivity index (χ3v) is 8.81. The molecule has 0 saturated heterocycles. The summed E-state index contributed by atoms with van der Waals surface area (Å²) in [6, 6.07) is 23.7. The summed E-state index contributed by atoms with van der Waals surface area (Å²) in [5.74, 6) is -1.54. The molecule has 3 amide bonds. The number of aryl methyl sites for hydroxylation is 1. The van der Waals surface area contributed by atoms with E-state index < -0.39 is 41.5 Å². The van der Waals surface area contributed by atoms with Crippen LogP contribution in [0, 0.1) is 12.8 Å². The summed E-state index contributed by atoms with van der Waals surface area (Å²) in [4.78, 5) is 40.6. The molecule has 3 aromatic carbocycles. The predicted molar refractivity (Wildman–Crippen MR) is 165 cm³/mol. The van der Waals surface area contributed by atoms with Crippen molar-refractivity contribution in [2.24, 2.45) is 5.92 Å². The summed E-state index contributed by atoms with van der Waals surface area (Å²) in [7, 11) is 0. The van der Waals surface area contributed by atoms with Gasteiger partial charge in [-0.25, -0.2) is 0 Å². The highest BCUT2D eigenvalue weighted by Gasteiger charge is 2.44. The lowest BCUT2D eigenvalue weighted by Gasteiger charge is -2.33. The van der Waals surface area contributed by atoms with Gasteiger partial charge in [-0.15, -0.1) is 0 Å². The highest BCUT2D eigenvalue weighted by molar-refractivity contribution is 5.93. The van der Waals surface area contributed by atoms with Gasteiger partial charge in [-0.1, -0.05) is 85.6 Å². The van der Waals surface area contributed by atoms with E-state index in [0.29, 0.717) is 30.7 Å². The number of nitrogens with one attached hydrogen (secondary N) is 3. The Morgan fingerprint density at radius 1 is 0.932 bits per heavy atom. The molecule has 2 aliphatic rings. The zero-order valence-corrected chi connectivity index (χ0v) is 25.0. The van der Waals surface area contributed by atoms with Crippen molar-refractivity contribution in [1.82, 2.24) is 16.0 Å². The molecule has 5 rings (SSSR count). The highest BCUT2D eigenvalue weighted by atomic mass is 16.5. The summed E-state index contributed by atoms with van der Waals surface area (Å²) in [6.07, 6.45) is 0.140. The van der Waals surface area contributed by atoms with Crippen LogP contribution in [0.4, 0.5) is 0 Å². The standard InChI is InChI=1S/C35H41N3O6/c1-23-11-5-6-14-25(23)21-36-34(43)35(17-9-10-18-35)38-33(42)28(39)20-26(19-24-12-3-2-4-13-24)32(41)37-31-27-15-7-8-16-30(27)44-22-29(31)40/h2-8,11-16,26,28-29,31,39-40H,9-10,17-22H2,1H3,(H,36,43)(H,37,41)(H,38,42)/t26-,28+,29-,31+/m1/s1. The molecule has 0 radical (unpaired) electrons. The fourth-order valence-corrected chi connectivity index (χ4v) is 6.21. The molecule has 1 aliphatic heterocycles. The third-order valence-electron chi connectivity index (χ3n) is 8.81. The Kier molecular flexibility index (Phi) is 9.97. The van der Waals surface area contributed by atoms with Crippen LogP contribution in [0.25, 0.3) is 0 Å². The van der Waals surface area contributed by atoms with E-state index in [0.717, 1.165) is 29.5 Å².